The molecule has 0 saturated heterocycles. The Morgan fingerprint density at radius 3 is 2.70 bits per heavy atom. The van der Waals surface area contributed by atoms with Gasteiger partial charge in [0.25, 0.3) is 5.91 Å². The van der Waals surface area contributed by atoms with Crippen LogP contribution in [0.3, 0.4) is 0 Å². The highest BCUT2D eigenvalue weighted by Gasteiger charge is 2.11. The first-order chi connectivity index (χ1) is 11.0. The lowest BCUT2D eigenvalue weighted by Gasteiger charge is -2.08. The van der Waals surface area contributed by atoms with Gasteiger partial charge >= 0.3 is 0 Å². The molecule has 0 aliphatic rings. The molecule has 23 heavy (non-hydrogen) atoms. The number of rotatable bonds is 4. The summed E-state index contributed by atoms with van der Waals surface area (Å²) in [5.74, 6) is -0.225. The van der Waals surface area contributed by atoms with Crippen LogP contribution in [-0.4, -0.2) is 18.1 Å². The maximum atomic E-state index is 12.2. The van der Waals surface area contributed by atoms with Crippen LogP contribution in [0.4, 0.5) is 5.69 Å². The highest BCUT2D eigenvalue weighted by molar-refractivity contribution is 6.10. The highest BCUT2D eigenvalue weighted by atomic mass is 16.5. The van der Waals surface area contributed by atoms with Crippen molar-refractivity contribution in [1.82, 2.24) is 0 Å². The zero-order valence-electron chi connectivity index (χ0n) is 12.8. The Balaban J connectivity index is 2.27. The number of anilines is 1. The van der Waals surface area contributed by atoms with Gasteiger partial charge in [0, 0.05) is 5.69 Å². The van der Waals surface area contributed by atoms with E-state index in [4.69, 9.17) is 4.74 Å². The average molecular weight is 308 g/mol. The van der Waals surface area contributed by atoms with Gasteiger partial charge in [-0.25, -0.2) is 0 Å². The molecule has 5 nitrogen and oxygen atoms in total. The molecule has 0 heterocycles. The fraction of sp³-hybridized carbons (Fsp3) is 0.111. The smallest absolute Gasteiger partial charge is 0.266 e. The molecule has 1 amide bonds. The van der Waals surface area contributed by atoms with Crippen LogP contribution in [0.5, 0.6) is 11.5 Å². The quantitative estimate of drug-likeness (QED) is 0.671. The lowest BCUT2D eigenvalue weighted by molar-refractivity contribution is -0.112. The number of phenols is 1. The van der Waals surface area contributed by atoms with Crippen LogP contribution in [0.15, 0.2) is 48.0 Å². The first-order valence-electron chi connectivity index (χ1n) is 6.91. The number of nitrogens with one attached hydrogen (secondary N) is 1. The van der Waals surface area contributed by atoms with Crippen molar-refractivity contribution in [3.05, 3.63) is 59.2 Å². The number of phenolic OH excluding ortho intramolecular Hbond substituents is 1. The second-order valence-corrected chi connectivity index (χ2v) is 4.87. The lowest BCUT2D eigenvalue weighted by Crippen LogP contribution is -2.14. The molecule has 0 radical (unpaired) electrons. The molecule has 5 heteroatoms. The maximum Gasteiger partial charge on any atom is 0.266 e. The molecule has 0 atom stereocenters. The summed E-state index contributed by atoms with van der Waals surface area (Å²) in [6, 6.07) is 13.8. The molecule has 0 aromatic heterocycles. The van der Waals surface area contributed by atoms with Gasteiger partial charge in [-0.15, -0.1) is 0 Å². The third-order valence-electron chi connectivity index (χ3n) is 3.27. The summed E-state index contributed by atoms with van der Waals surface area (Å²) in [7, 11) is 1.43. The molecule has 2 aromatic rings. The van der Waals surface area contributed by atoms with Crippen LogP contribution in [0.2, 0.25) is 0 Å². The SMILES string of the molecule is COc1cc(/C=C(/C#N)C(=O)Nc2ccccc2C)ccc1O. The first kappa shape index (κ1) is 16.1. The number of methoxy groups -OCH3 is 1. The topological polar surface area (TPSA) is 82.3 Å². The van der Waals surface area contributed by atoms with Gasteiger partial charge in [0.05, 0.1) is 7.11 Å². The number of para-hydroxylation sites is 1. The summed E-state index contributed by atoms with van der Waals surface area (Å²) in [5.41, 5.74) is 2.10. The standard InChI is InChI=1S/C18H16N2O3/c1-12-5-3-4-6-15(12)20-18(22)14(11-19)9-13-7-8-16(21)17(10-13)23-2/h3-10,21H,1-2H3,(H,20,22)/b14-9-. The van der Waals surface area contributed by atoms with E-state index < -0.39 is 5.91 Å². The van der Waals surface area contributed by atoms with E-state index in [9.17, 15) is 15.2 Å². The van der Waals surface area contributed by atoms with Gasteiger partial charge in [0.2, 0.25) is 0 Å². The molecular formula is C18H16N2O3. The average Bonchev–Trinajstić information content (AvgIpc) is 2.56. The maximum absolute atomic E-state index is 12.2. The summed E-state index contributed by atoms with van der Waals surface area (Å²) in [5, 5.41) is 21.5. The van der Waals surface area contributed by atoms with E-state index >= 15 is 0 Å². The Hall–Kier alpha value is -3.26. The van der Waals surface area contributed by atoms with Crippen LogP contribution in [0.25, 0.3) is 6.08 Å². The molecule has 0 unspecified atom stereocenters. The third kappa shape index (κ3) is 3.89. The largest absolute Gasteiger partial charge is 0.504 e. The molecule has 0 aliphatic carbocycles. The fourth-order valence-electron chi connectivity index (χ4n) is 2.00. The number of carbonyl (C=O) groups is 1. The zero-order chi connectivity index (χ0) is 16.8. The Morgan fingerprint density at radius 2 is 2.04 bits per heavy atom. The molecule has 2 N–H and O–H groups in total. The van der Waals surface area contributed by atoms with E-state index in [2.05, 4.69) is 5.32 Å². The van der Waals surface area contributed by atoms with Crippen LogP contribution in [0, 0.1) is 18.3 Å². The molecule has 2 aromatic carbocycles. The number of nitriles is 1. The van der Waals surface area contributed by atoms with Crippen LogP contribution in [-0.2, 0) is 4.79 Å². The minimum atomic E-state index is -0.492. The zero-order valence-corrected chi connectivity index (χ0v) is 12.8. The first-order valence-corrected chi connectivity index (χ1v) is 6.91. The Kier molecular flexibility index (Phi) is 5.00. The van der Waals surface area contributed by atoms with Crippen molar-refractivity contribution in [2.24, 2.45) is 0 Å². The van der Waals surface area contributed by atoms with Gasteiger partial charge in [-0.05, 0) is 42.3 Å². The molecule has 116 valence electrons. The van der Waals surface area contributed by atoms with Gasteiger partial charge in [-0.3, -0.25) is 4.79 Å². The van der Waals surface area contributed by atoms with E-state index in [-0.39, 0.29) is 17.1 Å². The number of benzene rings is 2. The normalized spacial score (nSPS) is 10.7. The van der Waals surface area contributed by atoms with Crippen molar-refractivity contribution in [3.8, 4) is 17.6 Å². The monoisotopic (exact) mass is 308 g/mol. The molecule has 0 fully saturated rings. The second-order valence-electron chi connectivity index (χ2n) is 4.87. The number of hydrogen-bond donors (Lipinski definition) is 2. The van der Waals surface area contributed by atoms with E-state index in [0.29, 0.717) is 11.3 Å². The van der Waals surface area contributed by atoms with E-state index in [0.717, 1.165) is 5.56 Å². The Labute approximate surface area is 134 Å². The summed E-state index contributed by atoms with van der Waals surface area (Å²) >= 11 is 0. The molecule has 0 bridgehead atoms. The fourth-order valence-corrected chi connectivity index (χ4v) is 2.00. The number of nitrogens with zero attached hydrogens (tertiary/aromatic N) is 1. The van der Waals surface area contributed by atoms with Crippen molar-refractivity contribution in [2.45, 2.75) is 6.92 Å². The minimum Gasteiger partial charge on any atom is -0.504 e. The summed E-state index contributed by atoms with van der Waals surface area (Å²) < 4.78 is 5.01. The summed E-state index contributed by atoms with van der Waals surface area (Å²) in [6.07, 6.45) is 1.44. The predicted molar refractivity (Wildman–Crippen MR) is 88.1 cm³/mol. The van der Waals surface area contributed by atoms with Gasteiger partial charge in [0.15, 0.2) is 11.5 Å². The van der Waals surface area contributed by atoms with Gasteiger partial charge in [-0.1, -0.05) is 24.3 Å². The van der Waals surface area contributed by atoms with Crippen molar-refractivity contribution in [2.75, 3.05) is 12.4 Å². The second kappa shape index (κ2) is 7.14. The van der Waals surface area contributed by atoms with E-state index in [1.54, 1.807) is 18.2 Å². The number of amides is 1. The molecular weight excluding hydrogens is 292 g/mol. The van der Waals surface area contributed by atoms with Crippen molar-refractivity contribution in [3.63, 3.8) is 0 Å². The number of aryl methyl sites for hydroxylation is 1. The lowest BCUT2D eigenvalue weighted by atomic mass is 10.1. The van der Waals surface area contributed by atoms with Crippen molar-refractivity contribution in [1.29, 1.82) is 5.26 Å². The molecule has 0 saturated carbocycles. The minimum absolute atomic E-state index is 0.00693. The third-order valence-corrected chi connectivity index (χ3v) is 3.27. The van der Waals surface area contributed by atoms with Crippen molar-refractivity contribution < 1.29 is 14.6 Å². The van der Waals surface area contributed by atoms with Crippen LogP contribution < -0.4 is 10.1 Å². The highest BCUT2D eigenvalue weighted by Crippen LogP contribution is 2.27. The van der Waals surface area contributed by atoms with Crippen LogP contribution in [0.1, 0.15) is 11.1 Å². The summed E-state index contributed by atoms with van der Waals surface area (Å²) in [4.78, 5) is 12.2. The number of hydrogen-bond acceptors (Lipinski definition) is 4. The Bertz CT molecular complexity index is 804. The Morgan fingerprint density at radius 1 is 1.30 bits per heavy atom. The molecule has 0 aliphatic heterocycles. The summed E-state index contributed by atoms with van der Waals surface area (Å²) in [6.45, 7) is 1.87. The number of ether oxygens (including phenoxy) is 1. The van der Waals surface area contributed by atoms with Crippen LogP contribution >= 0.6 is 0 Å². The van der Waals surface area contributed by atoms with E-state index in [1.807, 2.05) is 31.2 Å². The molecule has 0 spiro atoms. The number of carbonyl (C=O) groups excluding carboxylic acids is 1. The van der Waals surface area contributed by atoms with Gasteiger partial charge < -0.3 is 15.2 Å². The van der Waals surface area contributed by atoms with Crippen molar-refractivity contribution >= 4 is 17.7 Å². The predicted octanol–water partition coefficient (Wildman–Crippen LogP) is 3.25. The van der Waals surface area contributed by atoms with Gasteiger partial charge in [-0.2, -0.15) is 5.26 Å². The van der Waals surface area contributed by atoms with Gasteiger partial charge in [0.1, 0.15) is 11.6 Å². The molecule has 2 rings (SSSR count). The number of aromatic hydroxyl groups is 1. The van der Waals surface area contributed by atoms with E-state index in [1.165, 1.54) is 19.3 Å².